The van der Waals surface area contributed by atoms with Crippen LogP contribution in [0.25, 0.3) is 100 Å². The molecular formula is C44H22N4S2. The molecule has 0 aliphatic rings. The second kappa shape index (κ2) is 10.0. The molecule has 11 rings (SSSR count). The Hall–Kier alpha value is -6.44. The highest BCUT2D eigenvalue weighted by Crippen LogP contribution is 2.47. The van der Waals surface area contributed by atoms with Gasteiger partial charge in [0, 0.05) is 61.9 Å². The molecule has 50 heavy (non-hydrogen) atoms. The van der Waals surface area contributed by atoms with Crippen LogP contribution in [-0.4, -0.2) is 9.13 Å². The van der Waals surface area contributed by atoms with E-state index in [9.17, 15) is 5.26 Å². The van der Waals surface area contributed by atoms with Gasteiger partial charge in [-0.3, -0.25) is 0 Å². The van der Waals surface area contributed by atoms with Gasteiger partial charge in [-0.25, -0.2) is 4.85 Å². The van der Waals surface area contributed by atoms with Gasteiger partial charge in [0.2, 0.25) is 5.69 Å². The zero-order valence-electron chi connectivity index (χ0n) is 26.3. The zero-order chi connectivity index (χ0) is 33.1. The van der Waals surface area contributed by atoms with Crippen LogP contribution in [0, 0.1) is 17.9 Å². The molecule has 0 saturated carbocycles. The molecule has 230 valence electrons. The highest BCUT2D eigenvalue weighted by atomic mass is 32.1. The molecule has 0 saturated heterocycles. The maximum absolute atomic E-state index is 10.4. The van der Waals surface area contributed by atoms with E-state index >= 15 is 0 Å². The Morgan fingerprint density at radius 1 is 0.500 bits per heavy atom. The molecule has 0 unspecified atom stereocenters. The van der Waals surface area contributed by atoms with Crippen LogP contribution in [0.5, 0.6) is 0 Å². The van der Waals surface area contributed by atoms with Gasteiger partial charge in [0.25, 0.3) is 0 Å². The summed E-state index contributed by atoms with van der Waals surface area (Å²) in [5.74, 6) is 0. The monoisotopic (exact) mass is 670 g/mol. The maximum atomic E-state index is 10.4. The molecule has 0 spiro atoms. The van der Waals surface area contributed by atoms with Crippen molar-refractivity contribution in [2.24, 2.45) is 0 Å². The van der Waals surface area contributed by atoms with E-state index in [1.165, 1.54) is 51.1 Å². The van der Waals surface area contributed by atoms with Crippen molar-refractivity contribution >= 4 is 112 Å². The van der Waals surface area contributed by atoms with Crippen molar-refractivity contribution in [1.29, 1.82) is 5.26 Å². The molecule has 0 fully saturated rings. The second-order valence-corrected chi connectivity index (χ2v) is 14.8. The molecule has 4 aromatic heterocycles. The van der Waals surface area contributed by atoms with E-state index in [0.29, 0.717) is 11.3 Å². The molecule has 0 radical (unpaired) electrons. The first-order chi connectivity index (χ1) is 24.7. The van der Waals surface area contributed by atoms with Gasteiger partial charge in [0.05, 0.1) is 51.6 Å². The van der Waals surface area contributed by atoms with Gasteiger partial charge in [-0.1, -0.05) is 84.9 Å². The molecule has 0 N–H and O–H groups in total. The molecule has 0 aliphatic carbocycles. The number of fused-ring (bicyclic) bond motifs is 14. The summed E-state index contributed by atoms with van der Waals surface area (Å²) in [5.41, 5.74) is 6.68. The summed E-state index contributed by atoms with van der Waals surface area (Å²) >= 11 is 3.65. The summed E-state index contributed by atoms with van der Waals surface area (Å²) in [4.78, 5) is 3.87. The first-order valence-electron chi connectivity index (χ1n) is 16.4. The van der Waals surface area contributed by atoms with E-state index in [-0.39, 0.29) is 0 Å². The van der Waals surface area contributed by atoms with Crippen molar-refractivity contribution in [1.82, 2.24) is 9.13 Å². The molecule has 6 heteroatoms. The summed E-state index contributed by atoms with van der Waals surface area (Å²) in [5, 5.41) is 20.1. The Balaban J connectivity index is 1.32. The number of hydrogen-bond acceptors (Lipinski definition) is 3. The molecule has 0 aliphatic heterocycles. The van der Waals surface area contributed by atoms with Gasteiger partial charge in [0.1, 0.15) is 0 Å². The van der Waals surface area contributed by atoms with Crippen LogP contribution in [0.2, 0.25) is 0 Å². The molecule has 4 nitrogen and oxygen atoms in total. The van der Waals surface area contributed by atoms with E-state index in [1.54, 1.807) is 0 Å². The molecule has 11 aromatic rings. The van der Waals surface area contributed by atoms with E-state index in [4.69, 9.17) is 6.57 Å². The number of nitriles is 1. The lowest BCUT2D eigenvalue weighted by molar-refractivity contribution is 1.10. The number of rotatable bonds is 2. The third kappa shape index (κ3) is 3.51. The van der Waals surface area contributed by atoms with Crippen molar-refractivity contribution in [2.75, 3.05) is 0 Å². The van der Waals surface area contributed by atoms with Gasteiger partial charge in [-0.2, -0.15) is 5.26 Å². The van der Waals surface area contributed by atoms with Crippen LogP contribution in [0.15, 0.2) is 133 Å². The third-order valence-electron chi connectivity index (χ3n) is 10.2. The van der Waals surface area contributed by atoms with Gasteiger partial charge in [0.15, 0.2) is 0 Å². The fourth-order valence-corrected chi connectivity index (χ4v) is 10.6. The second-order valence-electron chi connectivity index (χ2n) is 12.7. The fourth-order valence-electron chi connectivity index (χ4n) is 8.09. The summed E-state index contributed by atoms with van der Waals surface area (Å²) < 4.78 is 9.64. The predicted octanol–water partition coefficient (Wildman–Crippen LogP) is 13.0. The van der Waals surface area contributed by atoms with Crippen LogP contribution in [-0.2, 0) is 0 Å². The summed E-state index contributed by atoms with van der Waals surface area (Å²) in [6.07, 6.45) is 0. The molecule has 7 aromatic carbocycles. The van der Waals surface area contributed by atoms with Crippen LogP contribution < -0.4 is 0 Å². The minimum Gasteiger partial charge on any atom is -0.308 e. The smallest absolute Gasteiger partial charge is 0.206 e. The van der Waals surface area contributed by atoms with Crippen molar-refractivity contribution in [2.45, 2.75) is 0 Å². The Kier molecular flexibility index (Phi) is 5.52. The highest BCUT2D eigenvalue weighted by Gasteiger charge is 2.24. The number of aromatic nitrogens is 2. The van der Waals surface area contributed by atoms with Crippen LogP contribution in [0.4, 0.5) is 5.69 Å². The third-order valence-corrected chi connectivity index (χ3v) is 12.6. The largest absolute Gasteiger partial charge is 0.308 e. The van der Waals surface area contributed by atoms with E-state index < -0.39 is 0 Å². The van der Waals surface area contributed by atoms with E-state index in [1.807, 2.05) is 34.8 Å². The van der Waals surface area contributed by atoms with Crippen molar-refractivity contribution in [3.05, 3.63) is 150 Å². The lowest BCUT2D eigenvalue weighted by atomic mass is 10.1. The average Bonchev–Trinajstić information content (AvgIpc) is 3.91. The highest BCUT2D eigenvalue weighted by molar-refractivity contribution is 7.27. The number of nitrogens with zero attached hydrogens (tertiary/aromatic N) is 4. The predicted molar refractivity (Wildman–Crippen MR) is 212 cm³/mol. The van der Waals surface area contributed by atoms with Gasteiger partial charge >= 0.3 is 0 Å². The Morgan fingerprint density at radius 3 is 1.46 bits per heavy atom. The molecule has 0 amide bonds. The van der Waals surface area contributed by atoms with Crippen LogP contribution in [0.3, 0.4) is 0 Å². The zero-order valence-corrected chi connectivity index (χ0v) is 27.9. The molecular weight excluding hydrogens is 649 g/mol. The lowest BCUT2D eigenvalue weighted by Crippen LogP contribution is -2.04. The van der Waals surface area contributed by atoms with Crippen molar-refractivity contribution < 1.29 is 0 Å². The van der Waals surface area contributed by atoms with E-state index in [2.05, 4.69) is 141 Å². The first kappa shape index (κ1) is 27.5. The minimum atomic E-state index is 0.341. The quantitative estimate of drug-likeness (QED) is 0.169. The Labute approximate surface area is 293 Å². The number of thiophene rings is 2. The van der Waals surface area contributed by atoms with E-state index in [0.717, 1.165) is 44.2 Å². The molecule has 4 heterocycles. The molecule has 0 bridgehead atoms. The number of benzene rings is 7. The Morgan fingerprint density at radius 2 is 0.960 bits per heavy atom. The standard InChI is InChI=1S/C44H22N4S2/c1-46-32-23-38(48-34-15-7-3-13-31(34)42-36(48)21-19-29-27-11-5-9-17-40(27)50-44(29)42)37(22-25(32)24-45)47-33-14-6-2-12-30(33)41-35(47)20-18-28-26-10-4-8-16-39(26)49-43(28)41/h2-23H. The van der Waals surface area contributed by atoms with Gasteiger partial charge < -0.3 is 9.13 Å². The topological polar surface area (TPSA) is 38.0 Å². The number of para-hydroxylation sites is 2. The molecule has 0 atom stereocenters. The Bertz CT molecular complexity index is 3130. The van der Waals surface area contributed by atoms with Crippen LogP contribution in [0.1, 0.15) is 5.56 Å². The summed E-state index contributed by atoms with van der Waals surface area (Å²) in [6, 6.07) is 49.4. The number of hydrogen-bond donors (Lipinski definition) is 0. The summed E-state index contributed by atoms with van der Waals surface area (Å²) in [7, 11) is 0. The van der Waals surface area contributed by atoms with Gasteiger partial charge in [-0.15, -0.1) is 22.7 Å². The lowest BCUT2D eigenvalue weighted by Gasteiger charge is -2.18. The van der Waals surface area contributed by atoms with Crippen LogP contribution >= 0.6 is 22.7 Å². The summed E-state index contributed by atoms with van der Waals surface area (Å²) in [6.45, 7) is 8.12. The fraction of sp³-hybridized carbons (Fsp3) is 0. The average molecular weight is 671 g/mol. The maximum Gasteiger partial charge on any atom is 0.206 e. The normalized spacial score (nSPS) is 12.0. The first-order valence-corrected chi connectivity index (χ1v) is 18.0. The minimum absolute atomic E-state index is 0.341. The SMILES string of the molecule is [C-]#[N+]c1cc(-n2c3ccccc3c3c4sc5ccccc5c4ccc32)c(-n2c3ccccc3c3c4sc5ccccc5c4ccc32)cc1C#N. The van der Waals surface area contributed by atoms with Crippen molar-refractivity contribution in [3.63, 3.8) is 0 Å². The van der Waals surface area contributed by atoms with Gasteiger partial charge in [-0.05, 0) is 48.5 Å². The van der Waals surface area contributed by atoms with Crippen molar-refractivity contribution in [3.8, 4) is 17.4 Å².